The first-order chi connectivity index (χ1) is 10.5. The summed E-state index contributed by atoms with van der Waals surface area (Å²) in [6.07, 6.45) is 0. The van der Waals surface area contributed by atoms with E-state index in [1.165, 1.54) is 7.11 Å². The number of halogens is 1. The van der Waals surface area contributed by atoms with Gasteiger partial charge >= 0.3 is 5.97 Å². The lowest BCUT2D eigenvalue weighted by atomic mass is 10.3. The van der Waals surface area contributed by atoms with Crippen LogP contribution in [-0.2, 0) is 9.53 Å². The average Bonchev–Trinajstić information content (AvgIpc) is 2.86. The van der Waals surface area contributed by atoms with Crippen LogP contribution in [0.1, 0.15) is 15.2 Å². The van der Waals surface area contributed by atoms with Gasteiger partial charge in [0.15, 0.2) is 6.61 Å². The van der Waals surface area contributed by atoms with Crippen molar-refractivity contribution in [1.82, 2.24) is 0 Å². The zero-order chi connectivity index (χ0) is 16.1. The van der Waals surface area contributed by atoms with Gasteiger partial charge < -0.3 is 14.8 Å². The second-order valence-electron chi connectivity index (χ2n) is 4.41. The number of hydrogen-bond acceptors (Lipinski definition) is 5. The van der Waals surface area contributed by atoms with Gasteiger partial charge in [-0.15, -0.1) is 11.3 Å². The minimum atomic E-state index is -0.416. The molecule has 22 heavy (non-hydrogen) atoms. The molecule has 0 aliphatic carbocycles. The van der Waals surface area contributed by atoms with Crippen LogP contribution < -0.4 is 10.1 Å². The maximum Gasteiger partial charge on any atom is 0.348 e. The van der Waals surface area contributed by atoms with Crippen molar-refractivity contribution in [2.24, 2.45) is 0 Å². The number of carbonyl (C=O) groups excluding carboxylic acids is 2. The molecule has 2 aromatic rings. The zero-order valence-electron chi connectivity index (χ0n) is 12.0. The van der Waals surface area contributed by atoms with Crippen molar-refractivity contribution in [3.05, 3.63) is 45.8 Å². The van der Waals surface area contributed by atoms with E-state index in [1.807, 2.05) is 0 Å². The third-order valence-electron chi connectivity index (χ3n) is 2.73. The third-order valence-corrected chi connectivity index (χ3v) is 4.12. The largest absolute Gasteiger partial charge is 0.484 e. The second-order valence-corrected chi connectivity index (χ2v) is 5.89. The Hall–Kier alpha value is -2.05. The van der Waals surface area contributed by atoms with Crippen LogP contribution in [-0.4, -0.2) is 25.6 Å². The number of nitrogens with one attached hydrogen (secondary N) is 1. The number of rotatable bonds is 5. The maximum absolute atomic E-state index is 11.8. The van der Waals surface area contributed by atoms with Crippen LogP contribution in [0, 0.1) is 6.92 Å². The molecule has 0 unspecified atom stereocenters. The van der Waals surface area contributed by atoms with Crippen LogP contribution in [0.25, 0.3) is 0 Å². The van der Waals surface area contributed by atoms with Gasteiger partial charge in [-0.05, 0) is 42.8 Å². The summed E-state index contributed by atoms with van der Waals surface area (Å²) in [5.41, 5.74) is 0.755. The monoisotopic (exact) mass is 339 g/mol. The molecule has 1 amide bonds. The number of esters is 1. The topological polar surface area (TPSA) is 64.6 Å². The number of thiophene rings is 1. The minimum absolute atomic E-state index is 0.133. The molecule has 0 radical (unpaired) electrons. The summed E-state index contributed by atoms with van der Waals surface area (Å²) < 4.78 is 10.0. The highest BCUT2D eigenvalue weighted by Gasteiger charge is 2.15. The van der Waals surface area contributed by atoms with E-state index >= 15 is 0 Å². The lowest BCUT2D eigenvalue weighted by molar-refractivity contribution is -0.118. The van der Waals surface area contributed by atoms with E-state index in [2.05, 4.69) is 10.1 Å². The molecule has 0 fully saturated rings. The van der Waals surface area contributed by atoms with E-state index in [9.17, 15) is 9.59 Å². The molecule has 0 bridgehead atoms. The number of anilines is 1. The van der Waals surface area contributed by atoms with E-state index < -0.39 is 5.97 Å². The normalized spacial score (nSPS) is 10.1. The first kappa shape index (κ1) is 16.3. The van der Waals surface area contributed by atoms with Gasteiger partial charge in [0, 0.05) is 5.02 Å². The van der Waals surface area contributed by atoms with Gasteiger partial charge in [-0.1, -0.05) is 11.6 Å². The second kappa shape index (κ2) is 7.29. The average molecular weight is 340 g/mol. The van der Waals surface area contributed by atoms with Gasteiger partial charge in [0.1, 0.15) is 10.6 Å². The van der Waals surface area contributed by atoms with Crippen molar-refractivity contribution in [1.29, 1.82) is 0 Å². The van der Waals surface area contributed by atoms with Crippen LogP contribution in [0.4, 0.5) is 5.00 Å². The van der Waals surface area contributed by atoms with Gasteiger partial charge in [-0.2, -0.15) is 0 Å². The lowest BCUT2D eigenvalue weighted by Crippen LogP contribution is -2.19. The molecule has 7 heteroatoms. The molecular formula is C15H14ClNO4S. The van der Waals surface area contributed by atoms with Crippen molar-refractivity contribution in [2.75, 3.05) is 19.0 Å². The van der Waals surface area contributed by atoms with Gasteiger partial charge in [0.25, 0.3) is 5.91 Å². The van der Waals surface area contributed by atoms with Crippen LogP contribution in [0.15, 0.2) is 30.3 Å². The summed E-state index contributed by atoms with van der Waals surface area (Å²) in [6, 6.07) is 8.44. The summed E-state index contributed by atoms with van der Waals surface area (Å²) in [6.45, 7) is 1.65. The fraction of sp³-hybridized carbons (Fsp3) is 0.200. The van der Waals surface area contributed by atoms with Crippen molar-refractivity contribution in [2.45, 2.75) is 6.92 Å². The van der Waals surface area contributed by atoms with Crippen molar-refractivity contribution >= 4 is 39.8 Å². The standard InChI is InChI=1S/C15H14ClNO4S/c1-9-7-13(22-14(9)15(19)20-2)17-12(18)8-21-11-5-3-10(16)4-6-11/h3-7H,8H2,1-2H3,(H,17,18). The Bertz CT molecular complexity index is 681. The number of amides is 1. The first-order valence-electron chi connectivity index (χ1n) is 6.36. The number of benzene rings is 1. The number of hydrogen-bond donors (Lipinski definition) is 1. The van der Waals surface area contributed by atoms with Crippen molar-refractivity contribution in [3.63, 3.8) is 0 Å². The Kier molecular flexibility index (Phi) is 5.41. The van der Waals surface area contributed by atoms with Crippen molar-refractivity contribution < 1.29 is 19.1 Å². The Morgan fingerprint density at radius 3 is 2.59 bits per heavy atom. The van der Waals surface area contributed by atoms with Crippen LogP contribution in [0.2, 0.25) is 5.02 Å². The highest BCUT2D eigenvalue weighted by Crippen LogP contribution is 2.27. The Balaban J connectivity index is 1.92. The molecule has 5 nitrogen and oxygen atoms in total. The predicted molar refractivity (Wildman–Crippen MR) is 86.0 cm³/mol. The first-order valence-corrected chi connectivity index (χ1v) is 7.56. The molecule has 116 valence electrons. The van der Waals surface area contributed by atoms with Gasteiger partial charge in [-0.3, -0.25) is 4.79 Å². The SMILES string of the molecule is COC(=O)c1sc(NC(=O)COc2ccc(Cl)cc2)cc1C. The molecule has 2 rings (SSSR count). The molecule has 0 saturated heterocycles. The van der Waals surface area contributed by atoms with E-state index in [0.29, 0.717) is 20.7 Å². The third kappa shape index (κ3) is 4.22. The fourth-order valence-corrected chi connectivity index (χ4v) is 2.83. The van der Waals surface area contributed by atoms with Crippen LogP contribution in [0.3, 0.4) is 0 Å². The Labute approximate surface area is 136 Å². The van der Waals surface area contributed by atoms with Crippen LogP contribution >= 0.6 is 22.9 Å². The summed E-state index contributed by atoms with van der Waals surface area (Å²) in [5, 5.41) is 3.85. The number of methoxy groups -OCH3 is 1. The smallest absolute Gasteiger partial charge is 0.348 e. The van der Waals surface area contributed by atoms with Crippen molar-refractivity contribution in [3.8, 4) is 5.75 Å². The molecule has 1 aromatic carbocycles. The van der Waals surface area contributed by atoms with E-state index in [1.54, 1.807) is 37.3 Å². The van der Waals surface area contributed by atoms with E-state index in [0.717, 1.165) is 16.9 Å². The molecule has 0 saturated carbocycles. The van der Waals surface area contributed by atoms with E-state index in [-0.39, 0.29) is 12.5 Å². The number of ether oxygens (including phenoxy) is 2. The molecule has 1 aromatic heterocycles. The minimum Gasteiger partial charge on any atom is -0.484 e. The molecular weight excluding hydrogens is 326 g/mol. The van der Waals surface area contributed by atoms with E-state index in [4.69, 9.17) is 16.3 Å². The maximum atomic E-state index is 11.8. The molecule has 0 aliphatic rings. The molecule has 0 atom stereocenters. The summed E-state index contributed by atoms with van der Waals surface area (Å²) in [5.74, 6) is -0.176. The molecule has 0 aliphatic heterocycles. The van der Waals surface area contributed by atoms with Gasteiger partial charge in [0.05, 0.1) is 12.1 Å². The number of aryl methyl sites for hydroxylation is 1. The van der Waals surface area contributed by atoms with Gasteiger partial charge in [-0.25, -0.2) is 4.79 Å². The Morgan fingerprint density at radius 1 is 1.27 bits per heavy atom. The summed E-state index contributed by atoms with van der Waals surface area (Å²) in [7, 11) is 1.32. The quantitative estimate of drug-likeness (QED) is 0.846. The molecule has 1 N–H and O–H groups in total. The lowest BCUT2D eigenvalue weighted by Gasteiger charge is -2.06. The highest BCUT2D eigenvalue weighted by atomic mass is 35.5. The predicted octanol–water partition coefficient (Wildman–Crippen LogP) is 3.51. The number of carbonyl (C=O) groups is 2. The molecule has 0 spiro atoms. The zero-order valence-corrected chi connectivity index (χ0v) is 13.6. The fourth-order valence-electron chi connectivity index (χ4n) is 1.69. The summed E-state index contributed by atoms with van der Waals surface area (Å²) >= 11 is 6.93. The molecule has 1 heterocycles. The Morgan fingerprint density at radius 2 is 1.95 bits per heavy atom. The highest BCUT2D eigenvalue weighted by molar-refractivity contribution is 7.18. The summed E-state index contributed by atoms with van der Waals surface area (Å²) in [4.78, 5) is 23.8. The van der Waals surface area contributed by atoms with Gasteiger partial charge in [0.2, 0.25) is 0 Å². The van der Waals surface area contributed by atoms with Crippen LogP contribution in [0.5, 0.6) is 5.75 Å².